The molecule has 1 unspecified atom stereocenters. The van der Waals surface area contributed by atoms with Gasteiger partial charge < -0.3 is 0 Å². The van der Waals surface area contributed by atoms with E-state index in [2.05, 4.69) is 13.8 Å². The molecule has 0 radical (unpaired) electrons. The molecule has 1 atom stereocenters. The molecule has 1 aliphatic carbocycles. The molecule has 0 N–H and O–H groups in total. The number of rotatable bonds is 2. The van der Waals surface area contributed by atoms with Crippen LogP contribution in [0.5, 0.6) is 0 Å². The van der Waals surface area contributed by atoms with Crippen LogP contribution in [0.15, 0.2) is 0 Å². The van der Waals surface area contributed by atoms with E-state index in [0.29, 0.717) is 0 Å². The van der Waals surface area contributed by atoms with Crippen LogP contribution in [0.1, 0.15) is 33.1 Å². The zero-order valence-electron chi connectivity index (χ0n) is 7.19. The number of ketones is 1. The summed E-state index contributed by atoms with van der Waals surface area (Å²) in [5.74, 6) is 0.642. The Kier molecular flexibility index (Phi) is 2.58. The Morgan fingerprint density at radius 2 is 2.27 bits per heavy atom. The molecule has 1 saturated carbocycles. The first kappa shape index (κ1) is 9.05. The molecule has 0 spiro atoms. The smallest absolute Gasteiger partial charge is 0.151 e. The van der Waals surface area contributed by atoms with Crippen LogP contribution in [0.3, 0.4) is 0 Å². The summed E-state index contributed by atoms with van der Waals surface area (Å²) in [5, 5.41) is 0. The second-order valence-corrected chi connectivity index (χ2v) is 4.30. The van der Waals surface area contributed by atoms with Crippen LogP contribution in [-0.2, 0) is 4.79 Å². The molecule has 1 fully saturated rings. The van der Waals surface area contributed by atoms with E-state index in [1.54, 1.807) is 0 Å². The quantitative estimate of drug-likeness (QED) is 0.589. The van der Waals surface area contributed by atoms with E-state index in [4.69, 9.17) is 11.6 Å². The van der Waals surface area contributed by atoms with E-state index in [9.17, 15) is 4.79 Å². The summed E-state index contributed by atoms with van der Waals surface area (Å²) in [4.78, 5) is 11.3. The second-order valence-electron chi connectivity index (χ2n) is 4.03. The maximum Gasteiger partial charge on any atom is 0.151 e. The zero-order chi connectivity index (χ0) is 8.48. The number of alkyl halides is 1. The molecule has 64 valence electrons. The fourth-order valence-electron chi connectivity index (χ4n) is 2.02. The molecule has 1 aliphatic rings. The molecule has 0 amide bonds. The Bertz CT molecular complexity index is 163. The fourth-order valence-corrected chi connectivity index (χ4v) is 2.20. The highest BCUT2D eigenvalue weighted by Gasteiger charge is 2.38. The second kappa shape index (κ2) is 3.14. The minimum Gasteiger partial charge on any atom is -0.298 e. The lowest BCUT2D eigenvalue weighted by atomic mass is 9.80. The molecule has 0 heterocycles. The Morgan fingerprint density at radius 1 is 1.64 bits per heavy atom. The third kappa shape index (κ3) is 1.76. The summed E-state index contributed by atoms with van der Waals surface area (Å²) < 4.78 is 0. The van der Waals surface area contributed by atoms with Crippen LogP contribution >= 0.6 is 11.6 Å². The number of carbonyl (C=O) groups is 1. The van der Waals surface area contributed by atoms with E-state index in [1.807, 2.05) is 0 Å². The van der Waals surface area contributed by atoms with Crippen LogP contribution in [-0.4, -0.2) is 11.7 Å². The van der Waals surface area contributed by atoms with Gasteiger partial charge in [-0.1, -0.05) is 20.3 Å². The van der Waals surface area contributed by atoms with Gasteiger partial charge in [0.25, 0.3) is 0 Å². The molecule has 0 saturated heterocycles. The molecule has 0 aliphatic heterocycles. The maximum atomic E-state index is 11.3. The van der Waals surface area contributed by atoms with Crippen LogP contribution in [0.2, 0.25) is 0 Å². The summed E-state index contributed by atoms with van der Waals surface area (Å²) in [6.07, 6.45) is 3.39. The SMILES string of the molecule is CC1(C)CCCC1C(=O)CCl. The van der Waals surface area contributed by atoms with E-state index >= 15 is 0 Å². The number of Topliss-reactive ketones (excluding diaryl/α,β-unsaturated/α-hetero) is 1. The minimum atomic E-state index is 0.189. The summed E-state index contributed by atoms with van der Waals surface area (Å²) >= 11 is 5.51. The molecule has 0 aromatic carbocycles. The first-order valence-corrected chi connectivity index (χ1v) is 4.70. The van der Waals surface area contributed by atoms with Crippen molar-refractivity contribution in [2.45, 2.75) is 33.1 Å². The highest BCUT2D eigenvalue weighted by molar-refractivity contribution is 6.28. The molecule has 1 rings (SSSR count). The fraction of sp³-hybridized carbons (Fsp3) is 0.889. The molecule has 0 aromatic heterocycles. The lowest BCUT2D eigenvalue weighted by Gasteiger charge is -2.24. The highest BCUT2D eigenvalue weighted by atomic mass is 35.5. The van der Waals surface area contributed by atoms with Gasteiger partial charge in [0, 0.05) is 5.92 Å². The van der Waals surface area contributed by atoms with Gasteiger partial charge in [0.05, 0.1) is 5.88 Å². The Labute approximate surface area is 73.1 Å². The van der Waals surface area contributed by atoms with Crippen molar-refractivity contribution in [2.24, 2.45) is 11.3 Å². The van der Waals surface area contributed by atoms with Gasteiger partial charge in [-0.3, -0.25) is 4.79 Å². The Balaban J connectivity index is 2.64. The van der Waals surface area contributed by atoms with Gasteiger partial charge in [-0.05, 0) is 18.3 Å². The summed E-state index contributed by atoms with van der Waals surface area (Å²) in [6, 6.07) is 0. The number of hydrogen-bond donors (Lipinski definition) is 0. The van der Waals surface area contributed by atoms with E-state index in [0.717, 1.165) is 6.42 Å². The van der Waals surface area contributed by atoms with Crippen LogP contribution in [0.4, 0.5) is 0 Å². The van der Waals surface area contributed by atoms with Gasteiger partial charge in [-0.2, -0.15) is 0 Å². The summed E-state index contributed by atoms with van der Waals surface area (Å²) in [5.41, 5.74) is 0.200. The van der Waals surface area contributed by atoms with Crippen molar-refractivity contribution in [3.63, 3.8) is 0 Å². The standard InChI is InChI=1S/C9H15ClO/c1-9(2)5-3-4-7(9)8(11)6-10/h7H,3-6H2,1-2H3. The van der Waals surface area contributed by atoms with Crippen molar-refractivity contribution >= 4 is 17.4 Å². The van der Waals surface area contributed by atoms with E-state index in [-0.39, 0.29) is 23.0 Å². The zero-order valence-corrected chi connectivity index (χ0v) is 7.95. The molecular weight excluding hydrogens is 160 g/mol. The lowest BCUT2D eigenvalue weighted by molar-refractivity contribution is -0.122. The maximum absolute atomic E-state index is 11.3. The Hall–Kier alpha value is -0.0400. The molecule has 0 bridgehead atoms. The molecule has 1 nitrogen and oxygen atoms in total. The van der Waals surface area contributed by atoms with Crippen molar-refractivity contribution in [1.82, 2.24) is 0 Å². The van der Waals surface area contributed by atoms with Crippen LogP contribution < -0.4 is 0 Å². The number of carbonyl (C=O) groups excluding carboxylic acids is 1. The number of halogens is 1. The van der Waals surface area contributed by atoms with Crippen molar-refractivity contribution in [1.29, 1.82) is 0 Å². The number of hydrogen-bond acceptors (Lipinski definition) is 1. The minimum absolute atomic E-state index is 0.189. The van der Waals surface area contributed by atoms with Crippen molar-refractivity contribution in [3.8, 4) is 0 Å². The highest BCUT2D eigenvalue weighted by Crippen LogP contribution is 2.42. The first-order valence-electron chi connectivity index (χ1n) is 4.16. The average molecular weight is 175 g/mol. The van der Waals surface area contributed by atoms with Crippen molar-refractivity contribution in [2.75, 3.05) is 5.88 Å². The topological polar surface area (TPSA) is 17.1 Å². The average Bonchev–Trinajstić information content (AvgIpc) is 2.28. The van der Waals surface area contributed by atoms with Gasteiger partial charge in [-0.25, -0.2) is 0 Å². The van der Waals surface area contributed by atoms with E-state index < -0.39 is 0 Å². The van der Waals surface area contributed by atoms with E-state index in [1.165, 1.54) is 12.8 Å². The normalized spacial score (nSPS) is 28.8. The summed E-state index contributed by atoms with van der Waals surface area (Å²) in [6.45, 7) is 4.32. The third-order valence-electron chi connectivity index (χ3n) is 2.78. The predicted octanol–water partition coefficient (Wildman–Crippen LogP) is 2.62. The molecule has 0 aromatic rings. The van der Waals surface area contributed by atoms with Crippen molar-refractivity contribution < 1.29 is 4.79 Å². The van der Waals surface area contributed by atoms with Crippen LogP contribution in [0.25, 0.3) is 0 Å². The first-order chi connectivity index (χ1) is 5.08. The molecular formula is C9H15ClO. The Morgan fingerprint density at radius 3 is 2.64 bits per heavy atom. The van der Waals surface area contributed by atoms with Crippen molar-refractivity contribution in [3.05, 3.63) is 0 Å². The molecule has 11 heavy (non-hydrogen) atoms. The monoisotopic (exact) mass is 174 g/mol. The third-order valence-corrected chi connectivity index (χ3v) is 3.04. The van der Waals surface area contributed by atoms with Gasteiger partial charge in [0.2, 0.25) is 0 Å². The van der Waals surface area contributed by atoms with Crippen LogP contribution in [0, 0.1) is 11.3 Å². The van der Waals surface area contributed by atoms with Gasteiger partial charge in [0.1, 0.15) is 0 Å². The van der Waals surface area contributed by atoms with Gasteiger partial charge in [0.15, 0.2) is 5.78 Å². The summed E-state index contributed by atoms with van der Waals surface area (Å²) in [7, 11) is 0. The largest absolute Gasteiger partial charge is 0.298 e. The van der Waals surface area contributed by atoms with Gasteiger partial charge >= 0.3 is 0 Å². The van der Waals surface area contributed by atoms with Gasteiger partial charge in [-0.15, -0.1) is 11.6 Å². The molecule has 2 heteroatoms. The predicted molar refractivity (Wildman–Crippen MR) is 46.8 cm³/mol. The lowest BCUT2D eigenvalue weighted by Crippen LogP contribution is -2.26.